The summed E-state index contributed by atoms with van der Waals surface area (Å²) >= 11 is 0. The quantitative estimate of drug-likeness (QED) is 0.0159. The third-order valence-corrected chi connectivity index (χ3v) is 11.5. The van der Waals surface area contributed by atoms with Crippen molar-refractivity contribution in [2.24, 2.45) is 5.73 Å². The molecule has 0 bridgehead atoms. The monoisotopic (exact) mass is 827 g/mol. The van der Waals surface area contributed by atoms with Gasteiger partial charge in [0.15, 0.2) is 11.5 Å². The molecule has 0 radical (unpaired) electrons. The summed E-state index contributed by atoms with van der Waals surface area (Å²) in [5, 5.41) is 20.9. The summed E-state index contributed by atoms with van der Waals surface area (Å²) in [5.74, 6) is 1.29. The van der Waals surface area contributed by atoms with Crippen LogP contribution >= 0.6 is 0 Å². The Morgan fingerprint density at radius 1 is 0.825 bits per heavy atom. The molecule has 2 heterocycles. The van der Waals surface area contributed by atoms with Gasteiger partial charge in [0.05, 0.1) is 17.1 Å². The first-order valence-corrected chi connectivity index (χ1v) is 21.3. The normalized spacial score (nSPS) is 12.7. The summed E-state index contributed by atoms with van der Waals surface area (Å²) in [5.41, 5.74) is 29.7. The number of para-hydroxylation sites is 2. The predicted octanol–water partition coefficient (Wildman–Crippen LogP) is 13.1. The first-order chi connectivity index (χ1) is 30.6. The molecule has 0 fully saturated rings. The maximum atomic E-state index is 9.36. The molecule has 0 saturated heterocycles. The van der Waals surface area contributed by atoms with Gasteiger partial charge < -0.3 is 32.3 Å². The summed E-state index contributed by atoms with van der Waals surface area (Å²) in [6.45, 7) is 10.1. The van der Waals surface area contributed by atoms with E-state index in [1.54, 1.807) is 6.08 Å². The lowest BCUT2D eigenvalue weighted by molar-refractivity contribution is 0.405. The van der Waals surface area contributed by atoms with Crippen LogP contribution in [0.1, 0.15) is 49.1 Å². The number of aromatic nitrogens is 1. The molecule has 0 aliphatic carbocycles. The van der Waals surface area contributed by atoms with E-state index < -0.39 is 5.66 Å². The van der Waals surface area contributed by atoms with Crippen LogP contribution in [0.15, 0.2) is 174 Å². The van der Waals surface area contributed by atoms with Crippen LogP contribution in [0.3, 0.4) is 0 Å². The van der Waals surface area contributed by atoms with Crippen molar-refractivity contribution in [2.75, 3.05) is 16.8 Å². The second-order valence-corrected chi connectivity index (χ2v) is 16.0. The average Bonchev–Trinajstić information content (AvgIpc) is 3.60. The van der Waals surface area contributed by atoms with E-state index in [1.807, 2.05) is 86.8 Å². The van der Waals surface area contributed by atoms with E-state index >= 15 is 0 Å². The van der Waals surface area contributed by atoms with Gasteiger partial charge in [-0.3, -0.25) is 10.4 Å². The topological polar surface area (TPSA) is 152 Å². The Morgan fingerprint density at radius 2 is 1.52 bits per heavy atom. The summed E-state index contributed by atoms with van der Waals surface area (Å²) in [4.78, 5) is 5.07. The number of hydrogen-bond donors (Lipinski definition) is 6. The summed E-state index contributed by atoms with van der Waals surface area (Å²) < 4.78 is 6.58. The Labute approximate surface area is 369 Å². The Balaban J connectivity index is 1.37. The van der Waals surface area contributed by atoms with Crippen molar-refractivity contribution in [3.05, 3.63) is 192 Å². The van der Waals surface area contributed by atoms with E-state index in [4.69, 9.17) is 26.6 Å². The summed E-state index contributed by atoms with van der Waals surface area (Å²) in [6.07, 6.45) is 11.5. The van der Waals surface area contributed by atoms with Crippen LogP contribution in [0.5, 0.6) is 0 Å². The fraction of sp³-hybridized carbons (Fsp3) is 0.127. The molecule has 0 aliphatic heterocycles. The van der Waals surface area contributed by atoms with Gasteiger partial charge in [0, 0.05) is 29.3 Å². The van der Waals surface area contributed by atoms with Gasteiger partial charge in [0.25, 0.3) is 0 Å². The van der Waals surface area contributed by atoms with E-state index in [0.29, 0.717) is 52.0 Å². The highest BCUT2D eigenvalue weighted by atomic mass is 16.3. The van der Waals surface area contributed by atoms with Gasteiger partial charge in [0.1, 0.15) is 22.9 Å². The second kappa shape index (κ2) is 18.1. The molecular formula is C55H53N7O. The van der Waals surface area contributed by atoms with Crippen LogP contribution in [-0.4, -0.2) is 10.8 Å². The van der Waals surface area contributed by atoms with Gasteiger partial charge in [-0.1, -0.05) is 129 Å². The molecular weight excluding hydrogens is 775 g/mol. The smallest absolute Gasteiger partial charge is 0.160 e. The van der Waals surface area contributed by atoms with Crippen LogP contribution in [-0.2, 0) is 12.1 Å². The van der Waals surface area contributed by atoms with Gasteiger partial charge in [-0.15, -0.1) is 0 Å². The van der Waals surface area contributed by atoms with E-state index in [9.17, 15) is 5.41 Å². The van der Waals surface area contributed by atoms with Crippen LogP contribution in [0.2, 0.25) is 0 Å². The zero-order valence-electron chi connectivity index (χ0n) is 36.0. The molecule has 6 aromatic carbocycles. The molecule has 8 aromatic rings. The minimum Gasteiger partial charge on any atom is -0.452 e. The van der Waals surface area contributed by atoms with Crippen molar-refractivity contribution in [2.45, 2.75) is 45.7 Å². The molecule has 8 rings (SSSR count). The largest absolute Gasteiger partial charge is 0.452 e. The highest BCUT2D eigenvalue weighted by Gasteiger charge is 2.31. The first-order valence-electron chi connectivity index (χ1n) is 21.3. The maximum absolute atomic E-state index is 9.36. The highest BCUT2D eigenvalue weighted by molar-refractivity contribution is 6.14. The molecule has 8 heteroatoms. The zero-order chi connectivity index (χ0) is 44.1. The average molecular weight is 828 g/mol. The molecule has 1 atom stereocenters. The Bertz CT molecular complexity index is 3050. The van der Waals surface area contributed by atoms with E-state index in [0.717, 1.165) is 67.9 Å². The van der Waals surface area contributed by atoms with Gasteiger partial charge in [-0.05, 0) is 118 Å². The first kappa shape index (κ1) is 42.0. The lowest BCUT2D eigenvalue weighted by Gasteiger charge is -2.34. The van der Waals surface area contributed by atoms with Crippen LogP contribution < -0.4 is 27.8 Å². The number of nitrogen functional groups attached to an aromatic ring is 2. The van der Waals surface area contributed by atoms with Crippen molar-refractivity contribution in [3.8, 4) is 33.7 Å². The number of fused-ring (bicyclic) bond motifs is 3. The van der Waals surface area contributed by atoms with Crippen LogP contribution in [0, 0.1) is 12.3 Å². The molecule has 9 N–H and O–H groups in total. The van der Waals surface area contributed by atoms with E-state index in [-0.39, 0.29) is 5.84 Å². The third kappa shape index (κ3) is 8.62. The van der Waals surface area contributed by atoms with Crippen LogP contribution in [0.25, 0.3) is 61.3 Å². The van der Waals surface area contributed by atoms with E-state index in [2.05, 4.69) is 109 Å². The molecule has 63 heavy (non-hydrogen) atoms. The van der Waals surface area contributed by atoms with Crippen LogP contribution in [0.4, 0.5) is 22.7 Å². The second-order valence-electron chi connectivity index (χ2n) is 16.0. The fourth-order valence-electron chi connectivity index (χ4n) is 8.22. The Hall–Kier alpha value is -7.68. The number of benzene rings is 6. The number of aryl methyl sites for hydroxylation is 1. The molecule has 0 saturated carbocycles. The minimum atomic E-state index is -1.25. The zero-order valence-corrected chi connectivity index (χ0v) is 36.0. The molecule has 2 aromatic heterocycles. The van der Waals surface area contributed by atoms with Crippen molar-refractivity contribution in [1.29, 1.82) is 5.41 Å². The summed E-state index contributed by atoms with van der Waals surface area (Å²) in [7, 11) is 0. The third-order valence-electron chi connectivity index (χ3n) is 11.5. The molecule has 8 nitrogen and oxygen atoms in total. The lowest BCUT2D eigenvalue weighted by Crippen LogP contribution is -2.54. The highest BCUT2D eigenvalue weighted by Crippen LogP contribution is 2.44. The van der Waals surface area contributed by atoms with Gasteiger partial charge in [-0.25, -0.2) is 0 Å². The van der Waals surface area contributed by atoms with Crippen molar-refractivity contribution in [3.63, 3.8) is 0 Å². The minimum absolute atomic E-state index is 0.196. The molecule has 0 amide bonds. The number of nitrogens with two attached hydrogens (primary N) is 3. The standard InChI is InChI=1S/C55H53N7O/c1-5-8-21-37(7-3)54(58)62-55(59,33-36-19-10-9-11-20-36)41-29-39(46-31-38-22-12-13-23-42(38)43-24-14-15-25-44(43)46)28-40(30-41)49-32-45(35(4)34-60-49)53-52(51(57)50(63-53)18-6-2)61-48-27-17-16-26-47(48)56/h6-7,9-32,34,61H,3,5,8,33,56-57,59H2,1-2,4H3,(H2,58,62)/b18-6-,37-21+. The maximum Gasteiger partial charge on any atom is 0.160 e. The number of nitrogens with one attached hydrogen (secondary N) is 3. The van der Waals surface area contributed by atoms with Gasteiger partial charge >= 0.3 is 0 Å². The lowest BCUT2D eigenvalue weighted by atomic mass is 9.86. The number of allylic oxidation sites excluding steroid dienone is 2. The summed E-state index contributed by atoms with van der Waals surface area (Å²) in [6, 6.07) is 45.4. The van der Waals surface area contributed by atoms with Gasteiger partial charge in [-0.2, -0.15) is 0 Å². The fourth-order valence-corrected chi connectivity index (χ4v) is 8.22. The molecule has 1 unspecified atom stereocenters. The Kier molecular flexibility index (Phi) is 12.1. The number of unbranched alkanes of at least 4 members (excludes halogenated alkanes) is 1. The SMILES string of the molecule is C=C/C(=C\CCC)C(=N)NC(N)(Cc1ccccc1)c1cc(-c2cc(-c3oc(/C=C\C)c(N)c3Nc3ccccc3N)c(C)cn2)cc(-c2cc3ccccc3c3ccccc23)c1. The number of pyridine rings is 1. The number of anilines is 4. The predicted molar refractivity (Wildman–Crippen MR) is 266 cm³/mol. The van der Waals surface area contributed by atoms with Gasteiger partial charge in [0.2, 0.25) is 0 Å². The number of amidine groups is 1. The molecule has 0 spiro atoms. The van der Waals surface area contributed by atoms with E-state index in [1.165, 1.54) is 5.39 Å². The molecule has 0 aliphatic rings. The number of furan rings is 1. The number of rotatable bonds is 14. The van der Waals surface area contributed by atoms with Crippen molar-refractivity contribution < 1.29 is 4.42 Å². The number of hydrogen-bond acceptors (Lipinski definition) is 7. The number of nitrogens with zero attached hydrogens (tertiary/aromatic N) is 1. The molecule has 314 valence electrons. The Morgan fingerprint density at radius 3 is 2.27 bits per heavy atom. The van der Waals surface area contributed by atoms with Crippen molar-refractivity contribution >= 4 is 56.2 Å². The van der Waals surface area contributed by atoms with Crippen molar-refractivity contribution in [1.82, 2.24) is 10.3 Å².